The molecule has 3 N–H and O–H groups in total. The van der Waals surface area contributed by atoms with Gasteiger partial charge in [-0.15, -0.1) is 0 Å². The molecule has 0 saturated carbocycles. The van der Waals surface area contributed by atoms with E-state index in [2.05, 4.69) is 5.32 Å². The number of amides is 2. The highest BCUT2D eigenvalue weighted by atomic mass is 16.7. The summed E-state index contributed by atoms with van der Waals surface area (Å²) in [4.78, 5) is 25.3. The predicted molar refractivity (Wildman–Crippen MR) is 77.2 cm³/mol. The normalized spacial score (nSPS) is 12.1. The molecule has 7 heteroatoms. The van der Waals surface area contributed by atoms with Crippen molar-refractivity contribution in [1.82, 2.24) is 10.2 Å². The molecule has 1 heterocycles. The third kappa shape index (κ3) is 3.36. The van der Waals surface area contributed by atoms with Crippen LogP contribution in [0.15, 0.2) is 12.1 Å². The number of nitrogens with one attached hydrogen (secondary N) is 1. The van der Waals surface area contributed by atoms with Crippen LogP contribution < -0.4 is 20.5 Å². The number of hydrogen-bond donors (Lipinski definition) is 2. The molecule has 2 rings (SSSR count). The smallest absolute Gasteiger partial charge is 0.256 e. The van der Waals surface area contributed by atoms with Crippen molar-refractivity contribution in [3.05, 3.63) is 17.7 Å². The van der Waals surface area contributed by atoms with E-state index in [1.165, 1.54) is 4.90 Å². The molecule has 21 heavy (non-hydrogen) atoms. The lowest BCUT2D eigenvalue weighted by Gasteiger charge is -2.18. The molecule has 1 aliphatic rings. The van der Waals surface area contributed by atoms with E-state index in [0.717, 1.165) is 6.42 Å². The summed E-state index contributed by atoms with van der Waals surface area (Å²) in [6.07, 6.45) is 0.846. The lowest BCUT2D eigenvalue weighted by molar-refractivity contribution is -0.121. The number of nitrogens with zero attached hydrogens (tertiary/aromatic N) is 1. The predicted octanol–water partition coefficient (Wildman–Crippen LogP) is 0.596. The second kappa shape index (κ2) is 6.34. The number of carbonyl (C=O) groups excluding carboxylic acids is 2. The van der Waals surface area contributed by atoms with Crippen molar-refractivity contribution in [2.24, 2.45) is 0 Å². The van der Waals surface area contributed by atoms with Crippen LogP contribution in [0.25, 0.3) is 0 Å². The summed E-state index contributed by atoms with van der Waals surface area (Å²) in [6, 6.07) is 3.10. The van der Waals surface area contributed by atoms with Gasteiger partial charge in [0.2, 0.25) is 12.7 Å². The zero-order valence-corrected chi connectivity index (χ0v) is 12.1. The topological polar surface area (TPSA) is 93.9 Å². The summed E-state index contributed by atoms with van der Waals surface area (Å²) in [7, 11) is 1.55. The molecule has 0 atom stereocenters. The van der Waals surface area contributed by atoms with Crippen molar-refractivity contribution in [1.29, 1.82) is 0 Å². The Morgan fingerprint density at radius 3 is 2.67 bits per heavy atom. The SMILES string of the molecule is CCCNC(=O)CN(C)C(=O)c1cc2c(cc1N)OCO2. The maximum atomic E-state index is 12.3. The van der Waals surface area contributed by atoms with Gasteiger partial charge < -0.3 is 25.4 Å². The number of anilines is 1. The second-order valence-corrected chi connectivity index (χ2v) is 4.80. The van der Waals surface area contributed by atoms with Gasteiger partial charge in [0.05, 0.1) is 12.1 Å². The van der Waals surface area contributed by atoms with Crippen LogP contribution in [0.1, 0.15) is 23.7 Å². The standard InChI is InChI=1S/C14H19N3O4/c1-3-4-16-13(18)7-17(2)14(19)9-5-11-12(6-10(9)15)21-8-20-11/h5-6H,3-4,7-8,15H2,1-2H3,(H,16,18). The van der Waals surface area contributed by atoms with Crippen molar-refractivity contribution < 1.29 is 19.1 Å². The first kappa shape index (κ1) is 15.0. The lowest BCUT2D eigenvalue weighted by Crippen LogP contribution is -2.38. The Morgan fingerprint density at radius 1 is 1.33 bits per heavy atom. The van der Waals surface area contributed by atoms with Gasteiger partial charge in [-0.05, 0) is 12.5 Å². The van der Waals surface area contributed by atoms with Crippen molar-refractivity contribution in [2.75, 3.05) is 32.7 Å². The van der Waals surface area contributed by atoms with Crippen LogP contribution in [0.3, 0.4) is 0 Å². The number of likely N-dealkylation sites (N-methyl/N-ethyl adjacent to an activating group) is 1. The maximum absolute atomic E-state index is 12.3. The lowest BCUT2D eigenvalue weighted by atomic mass is 10.1. The number of rotatable bonds is 5. The summed E-state index contributed by atoms with van der Waals surface area (Å²) in [5, 5.41) is 2.72. The van der Waals surface area contributed by atoms with Crippen molar-refractivity contribution >= 4 is 17.5 Å². The van der Waals surface area contributed by atoms with Crippen LogP contribution in [0.4, 0.5) is 5.69 Å². The first-order chi connectivity index (χ1) is 10.0. The summed E-state index contributed by atoms with van der Waals surface area (Å²) >= 11 is 0. The highest BCUT2D eigenvalue weighted by molar-refractivity contribution is 6.01. The van der Waals surface area contributed by atoms with Gasteiger partial charge in [0.25, 0.3) is 5.91 Å². The van der Waals surface area contributed by atoms with E-state index in [1.807, 2.05) is 6.92 Å². The van der Waals surface area contributed by atoms with Gasteiger partial charge in [0.15, 0.2) is 11.5 Å². The molecule has 0 saturated heterocycles. The molecular formula is C14H19N3O4. The average molecular weight is 293 g/mol. The van der Waals surface area contributed by atoms with Crippen LogP contribution in [0.2, 0.25) is 0 Å². The Hall–Kier alpha value is -2.44. The first-order valence-corrected chi connectivity index (χ1v) is 6.74. The maximum Gasteiger partial charge on any atom is 0.256 e. The van der Waals surface area contributed by atoms with E-state index in [1.54, 1.807) is 19.2 Å². The Morgan fingerprint density at radius 2 is 2.00 bits per heavy atom. The molecule has 0 bridgehead atoms. The number of fused-ring (bicyclic) bond motifs is 1. The summed E-state index contributed by atoms with van der Waals surface area (Å²) in [5.41, 5.74) is 6.45. The largest absolute Gasteiger partial charge is 0.454 e. The number of ether oxygens (including phenoxy) is 2. The van der Waals surface area contributed by atoms with Gasteiger partial charge in [0.1, 0.15) is 0 Å². The van der Waals surface area contributed by atoms with E-state index in [-0.39, 0.29) is 25.2 Å². The molecule has 114 valence electrons. The fourth-order valence-electron chi connectivity index (χ4n) is 1.96. The van der Waals surface area contributed by atoms with Gasteiger partial charge in [-0.1, -0.05) is 6.92 Å². The van der Waals surface area contributed by atoms with Gasteiger partial charge in [-0.3, -0.25) is 9.59 Å². The number of hydrogen-bond acceptors (Lipinski definition) is 5. The van der Waals surface area contributed by atoms with Gasteiger partial charge in [0, 0.05) is 25.3 Å². The fourth-order valence-corrected chi connectivity index (χ4v) is 1.96. The van der Waals surface area contributed by atoms with Gasteiger partial charge in [-0.2, -0.15) is 0 Å². The van der Waals surface area contributed by atoms with E-state index < -0.39 is 0 Å². The van der Waals surface area contributed by atoms with Crippen molar-refractivity contribution in [3.63, 3.8) is 0 Å². The molecule has 0 aromatic heterocycles. The molecule has 7 nitrogen and oxygen atoms in total. The highest BCUT2D eigenvalue weighted by Gasteiger charge is 2.22. The highest BCUT2D eigenvalue weighted by Crippen LogP contribution is 2.36. The van der Waals surface area contributed by atoms with Crippen molar-refractivity contribution in [3.8, 4) is 11.5 Å². The number of nitrogens with two attached hydrogens (primary N) is 1. The molecular weight excluding hydrogens is 274 g/mol. The van der Waals surface area contributed by atoms with E-state index in [4.69, 9.17) is 15.2 Å². The van der Waals surface area contributed by atoms with Crippen LogP contribution in [0, 0.1) is 0 Å². The minimum atomic E-state index is -0.336. The third-order valence-corrected chi connectivity index (χ3v) is 3.07. The van der Waals surface area contributed by atoms with Crippen molar-refractivity contribution in [2.45, 2.75) is 13.3 Å². The molecule has 1 aromatic rings. The zero-order chi connectivity index (χ0) is 15.4. The van der Waals surface area contributed by atoms with Crippen LogP contribution in [0.5, 0.6) is 11.5 Å². The van der Waals surface area contributed by atoms with Crippen LogP contribution in [-0.2, 0) is 4.79 Å². The third-order valence-electron chi connectivity index (χ3n) is 3.07. The molecule has 0 aliphatic carbocycles. The molecule has 0 fully saturated rings. The van der Waals surface area contributed by atoms with Gasteiger partial charge >= 0.3 is 0 Å². The molecule has 0 unspecified atom stereocenters. The van der Waals surface area contributed by atoms with E-state index >= 15 is 0 Å². The summed E-state index contributed by atoms with van der Waals surface area (Å²) in [5.74, 6) is 0.466. The molecule has 0 radical (unpaired) electrons. The molecule has 0 spiro atoms. The average Bonchev–Trinajstić information content (AvgIpc) is 2.90. The minimum absolute atomic E-state index is 0.0211. The molecule has 1 aliphatic heterocycles. The summed E-state index contributed by atoms with van der Waals surface area (Å²) in [6.45, 7) is 2.64. The molecule has 2 amide bonds. The number of nitrogen functional groups attached to an aromatic ring is 1. The monoisotopic (exact) mass is 293 g/mol. The van der Waals surface area contributed by atoms with Crippen LogP contribution >= 0.6 is 0 Å². The first-order valence-electron chi connectivity index (χ1n) is 6.74. The van der Waals surface area contributed by atoms with E-state index in [9.17, 15) is 9.59 Å². The quantitative estimate of drug-likeness (QED) is 0.775. The van der Waals surface area contributed by atoms with E-state index in [0.29, 0.717) is 29.3 Å². The van der Waals surface area contributed by atoms with Crippen LogP contribution in [-0.4, -0.2) is 43.6 Å². The Labute approximate surface area is 123 Å². The number of carbonyl (C=O) groups is 2. The minimum Gasteiger partial charge on any atom is -0.454 e. The summed E-state index contributed by atoms with van der Waals surface area (Å²) < 4.78 is 10.4. The Balaban J connectivity index is 2.07. The Bertz CT molecular complexity index is 559. The number of benzene rings is 1. The molecule has 1 aromatic carbocycles. The fraction of sp³-hybridized carbons (Fsp3) is 0.429. The zero-order valence-electron chi connectivity index (χ0n) is 12.1. The Kier molecular flexibility index (Phi) is 4.52. The van der Waals surface area contributed by atoms with Gasteiger partial charge in [-0.25, -0.2) is 0 Å². The second-order valence-electron chi connectivity index (χ2n) is 4.80.